The molecule has 0 bridgehead atoms. The summed E-state index contributed by atoms with van der Waals surface area (Å²) < 4.78 is 6.18. The predicted octanol–water partition coefficient (Wildman–Crippen LogP) is 7.50. The summed E-state index contributed by atoms with van der Waals surface area (Å²) in [6.07, 6.45) is 12.5. The van der Waals surface area contributed by atoms with Crippen LogP contribution >= 0.6 is 0 Å². The van der Waals surface area contributed by atoms with Crippen LogP contribution in [0.15, 0.2) is 82.3 Å². The SMILES string of the molecule is CCCCCCCCOc1cc(O)c(C(=O)c2ccccc2)cc1CN(C)c1ccc(C=C2C=NC=NC2)cc1. The first kappa shape index (κ1) is 28.8. The summed E-state index contributed by atoms with van der Waals surface area (Å²) in [5.74, 6) is 0.338. The van der Waals surface area contributed by atoms with Crippen LogP contribution in [0.2, 0.25) is 0 Å². The zero-order valence-corrected chi connectivity index (χ0v) is 23.6. The van der Waals surface area contributed by atoms with Gasteiger partial charge in [0.25, 0.3) is 0 Å². The van der Waals surface area contributed by atoms with Gasteiger partial charge < -0.3 is 14.7 Å². The first-order chi connectivity index (χ1) is 19.5. The Morgan fingerprint density at radius 2 is 1.75 bits per heavy atom. The number of aromatic hydroxyl groups is 1. The molecule has 1 N–H and O–H groups in total. The molecule has 0 unspecified atom stereocenters. The Hall–Kier alpha value is -4.19. The van der Waals surface area contributed by atoms with Crippen molar-refractivity contribution in [2.24, 2.45) is 9.98 Å². The maximum Gasteiger partial charge on any atom is 0.196 e. The average Bonchev–Trinajstić information content (AvgIpc) is 2.98. The highest BCUT2D eigenvalue weighted by Crippen LogP contribution is 2.32. The number of ketones is 1. The Bertz CT molecular complexity index is 1340. The molecule has 4 rings (SSSR count). The van der Waals surface area contributed by atoms with Gasteiger partial charge in [-0.05, 0) is 41.8 Å². The molecule has 0 radical (unpaired) electrons. The summed E-state index contributed by atoms with van der Waals surface area (Å²) >= 11 is 0. The molecule has 6 nitrogen and oxygen atoms in total. The molecule has 3 aromatic rings. The molecule has 0 aromatic heterocycles. The Morgan fingerprint density at radius 1 is 1.00 bits per heavy atom. The number of carbonyl (C=O) groups excluding carboxylic acids is 1. The van der Waals surface area contributed by atoms with E-state index in [0.29, 0.717) is 31.0 Å². The largest absolute Gasteiger partial charge is 0.507 e. The molecule has 0 amide bonds. The summed E-state index contributed by atoms with van der Waals surface area (Å²) in [6, 6.07) is 20.7. The van der Waals surface area contributed by atoms with Crippen LogP contribution in [-0.4, -0.2) is 43.6 Å². The number of unbranched alkanes of at least 4 members (excludes halogenated alkanes) is 5. The average molecular weight is 538 g/mol. The number of anilines is 1. The van der Waals surface area contributed by atoms with E-state index < -0.39 is 0 Å². The standard InChI is InChI=1S/C34H39N3O3/c1-3-4-5-6-7-11-18-40-33-21-32(38)31(34(39)28-12-9-8-10-13-28)20-29(33)24-37(2)30-16-14-26(15-17-30)19-27-22-35-25-36-23-27/h8-10,12-17,19-22,25,38H,3-7,11,18,23-24H2,1-2H3. The number of benzene rings is 3. The molecule has 3 aromatic carbocycles. The number of hydrogen-bond donors (Lipinski definition) is 1. The molecule has 1 aliphatic rings. The predicted molar refractivity (Wildman–Crippen MR) is 165 cm³/mol. The highest BCUT2D eigenvalue weighted by molar-refractivity contribution is 6.10. The lowest BCUT2D eigenvalue weighted by atomic mass is 9.99. The van der Waals surface area contributed by atoms with Crippen molar-refractivity contribution in [3.05, 3.63) is 94.6 Å². The second-order valence-electron chi connectivity index (χ2n) is 10.2. The normalized spacial score (nSPS) is 13.5. The highest BCUT2D eigenvalue weighted by Gasteiger charge is 2.19. The van der Waals surface area contributed by atoms with Gasteiger partial charge in [-0.3, -0.25) is 9.79 Å². The maximum atomic E-state index is 13.2. The summed E-state index contributed by atoms with van der Waals surface area (Å²) in [5.41, 5.74) is 4.85. The van der Waals surface area contributed by atoms with Crippen molar-refractivity contribution in [2.45, 2.75) is 52.0 Å². The summed E-state index contributed by atoms with van der Waals surface area (Å²) in [4.78, 5) is 23.6. The molecule has 0 atom stereocenters. The maximum absolute atomic E-state index is 13.2. The number of ether oxygens (including phenoxy) is 1. The van der Waals surface area contributed by atoms with Gasteiger partial charge in [-0.25, -0.2) is 4.99 Å². The van der Waals surface area contributed by atoms with Crippen LogP contribution in [0.1, 0.15) is 72.5 Å². The fourth-order valence-electron chi connectivity index (χ4n) is 4.70. The third-order valence-electron chi connectivity index (χ3n) is 6.97. The first-order valence-electron chi connectivity index (χ1n) is 14.2. The van der Waals surface area contributed by atoms with Gasteiger partial charge in [-0.2, -0.15) is 0 Å². The van der Waals surface area contributed by atoms with Gasteiger partial charge in [0.1, 0.15) is 17.8 Å². The van der Waals surface area contributed by atoms with Gasteiger partial charge in [0.15, 0.2) is 5.78 Å². The third-order valence-corrected chi connectivity index (χ3v) is 6.97. The number of nitrogens with zero attached hydrogens (tertiary/aromatic N) is 3. The monoisotopic (exact) mass is 537 g/mol. The van der Waals surface area contributed by atoms with E-state index in [9.17, 15) is 9.90 Å². The van der Waals surface area contributed by atoms with E-state index in [4.69, 9.17) is 4.74 Å². The molecular formula is C34H39N3O3. The van der Waals surface area contributed by atoms with Crippen LogP contribution in [-0.2, 0) is 6.54 Å². The zero-order valence-electron chi connectivity index (χ0n) is 23.6. The van der Waals surface area contributed by atoms with Crippen molar-refractivity contribution in [3.63, 3.8) is 0 Å². The van der Waals surface area contributed by atoms with E-state index in [1.54, 1.807) is 30.6 Å². The van der Waals surface area contributed by atoms with Crippen LogP contribution in [0.25, 0.3) is 6.08 Å². The molecule has 0 saturated carbocycles. The van der Waals surface area contributed by atoms with Crippen LogP contribution in [0.3, 0.4) is 0 Å². The molecule has 208 valence electrons. The summed E-state index contributed by atoms with van der Waals surface area (Å²) in [5, 5.41) is 10.8. The molecule has 40 heavy (non-hydrogen) atoms. The van der Waals surface area contributed by atoms with Crippen LogP contribution in [0, 0.1) is 0 Å². The van der Waals surface area contributed by atoms with Gasteiger partial charge >= 0.3 is 0 Å². The van der Waals surface area contributed by atoms with E-state index >= 15 is 0 Å². The molecule has 0 spiro atoms. The lowest BCUT2D eigenvalue weighted by Crippen LogP contribution is -2.18. The molecular weight excluding hydrogens is 498 g/mol. The van der Waals surface area contributed by atoms with Crippen molar-refractivity contribution in [1.29, 1.82) is 0 Å². The smallest absolute Gasteiger partial charge is 0.196 e. The molecule has 0 aliphatic carbocycles. The molecule has 1 heterocycles. The fraction of sp³-hybridized carbons (Fsp3) is 0.324. The molecule has 1 aliphatic heterocycles. The second-order valence-corrected chi connectivity index (χ2v) is 10.2. The number of phenolic OH excluding ortho intramolecular Hbond substituents is 1. The second kappa shape index (κ2) is 14.8. The van der Waals surface area contributed by atoms with Crippen molar-refractivity contribution < 1.29 is 14.6 Å². The quantitative estimate of drug-likeness (QED) is 0.171. The Kier molecular flexibility index (Phi) is 10.7. The molecule has 0 fully saturated rings. The first-order valence-corrected chi connectivity index (χ1v) is 14.2. The van der Waals surface area contributed by atoms with Crippen molar-refractivity contribution >= 4 is 30.1 Å². The fourth-order valence-corrected chi connectivity index (χ4v) is 4.70. The van der Waals surface area contributed by atoms with Gasteiger partial charge in [0, 0.05) is 42.7 Å². The van der Waals surface area contributed by atoms with Gasteiger partial charge in [0.2, 0.25) is 0 Å². The minimum atomic E-state index is -0.211. The lowest BCUT2D eigenvalue weighted by molar-refractivity contribution is 0.103. The minimum Gasteiger partial charge on any atom is -0.507 e. The molecule has 0 saturated heterocycles. The molecule has 6 heteroatoms. The van der Waals surface area contributed by atoms with Crippen LogP contribution in [0.5, 0.6) is 11.5 Å². The van der Waals surface area contributed by atoms with E-state index in [1.165, 1.54) is 25.7 Å². The highest BCUT2D eigenvalue weighted by atomic mass is 16.5. The number of rotatable bonds is 14. The summed E-state index contributed by atoms with van der Waals surface area (Å²) in [7, 11) is 2.01. The van der Waals surface area contributed by atoms with E-state index in [0.717, 1.165) is 35.2 Å². The third kappa shape index (κ3) is 8.15. The van der Waals surface area contributed by atoms with Crippen molar-refractivity contribution in [1.82, 2.24) is 0 Å². The van der Waals surface area contributed by atoms with E-state index in [2.05, 4.69) is 52.1 Å². The van der Waals surface area contributed by atoms with Crippen LogP contribution in [0.4, 0.5) is 5.69 Å². The lowest BCUT2D eigenvalue weighted by Gasteiger charge is -2.22. The number of aliphatic imine (C=N–C) groups is 2. The topological polar surface area (TPSA) is 74.5 Å². The van der Waals surface area contributed by atoms with Crippen molar-refractivity contribution in [3.8, 4) is 11.5 Å². The van der Waals surface area contributed by atoms with Gasteiger partial charge in [0.05, 0.1) is 18.7 Å². The number of carbonyl (C=O) groups is 1. The summed E-state index contributed by atoms with van der Waals surface area (Å²) in [6.45, 7) is 3.94. The van der Waals surface area contributed by atoms with Gasteiger partial charge in [-0.1, -0.05) is 81.5 Å². The van der Waals surface area contributed by atoms with Gasteiger partial charge in [-0.15, -0.1) is 0 Å². The Balaban J connectivity index is 1.51. The van der Waals surface area contributed by atoms with E-state index in [1.807, 2.05) is 31.5 Å². The Morgan fingerprint density at radius 3 is 2.48 bits per heavy atom. The van der Waals surface area contributed by atoms with E-state index in [-0.39, 0.29) is 17.1 Å². The van der Waals surface area contributed by atoms with Crippen molar-refractivity contribution in [2.75, 3.05) is 25.1 Å². The minimum absolute atomic E-state index is 0.0637. The van der Waals surface area contributed by atoms with Crippen LogP contribution < -0.4 is 9.64 Å². The zero-order chi connectivity index (χ0) is 28.2. The number of phenols is 1. The Labute approximate surface area is 237 Å². The number of hydrogen-bond acceptors (Lipinski definition) is 6.